The van der Waals surface area contributed by atoms with Gasteiger partial charge >= 0.3 is 0 Å². The molecule has 0 fully saturated rings. The third-order valence-corrected chi connectivity index (χ3v) is 1.18. The van der Waals surface area contributed by atoms with Crippen molar-refractivity contribution >= 4 is 23.4 Å². The lowest BCUT2D eigenvalue weighted by Gasteiger charge is -1.92. The van der Waals surface area contributed by atoms with Crippen LogP contribution >= 0.6 is 11.6 Å². The molecular formula is C5H7ClN4. The van der Waals surface area contributed by atoms with E-state index in [0.717, 1.165) is 0 Å². The molecular weight excluding hydrogens is 152 g/mol. The number of aliphatic imine (C=N–C) groups is 2. The van der Waals surface area contributed by atoms with Crippen LogP contribution in [0.3, 0.4) is 0 Å². The number of rotatable bonds is 0. The van der Waals surface area contributed by atoms with Crippen LogP contribution in [0.15, 0.2) is 21.2 Å². The molecule has 0 unspecified atom stereocenters. The van der Waals surface area contributed by atoms with Crippen LogP contribution in [0.4, 0.5) is 0 Å². The monoisotopic (exact) mass is 158 g/mol. The van der Waals surface area contributed by atoms with Crippen molar-refractivity contribution in [2.45, 2.75) is 6.42 Å². The largest absolute Gasteiger partial charge is 0.387 e. The lowest BCUT2D eigenvalue weighted by molar-refractivity contribution is 1.36. The highest BCUT2D eigenvalue weighted by molar-refractivity contribution is 6.31. The van der Waals surface area contributed by atoms with Gasteiger partial charge in [-0.3, -0.25) is 0 Å². The van der Waals surface area contributed by atoms with Crippen molar-refractivity contribution in [3.8, 4) is 0 Å². The maximum absolute atomic E-state index is 5.62. The van der Waals surface area contributed by atoms with Crippen LogP contribution in [0.2, 0.25) is 0 Å². The standard InChI is InChI=1S/C5H7ClN4/c6-3-1-4(7)10-5(8)9-2-3/h2H,1H2,(H4,7,8,9,10). The number of halogens is 1. The van der Waals surface area contributed by atoms with Gasteiger partial charge < -0.3 is 11.5 Å². The Balaban J connectivity index is 2.90. The van der Waals surface area contributed by atoms with Gasteiger partial charge in [-0.1, -0.05) is 11.6 Å². The Labute approximate surface area is 63.3 Å². The Morgan fingerprint density at radius 2 is 2.20 bits per heavy atom. The summed E-state index contributed by atoms with van der Waals surface area (Å²) in [7, 11) is 0. The lowest BCUT2D eigenvalue weighted by Crippen LogP contribution is -2.16. The lowest BCUT2D eigenvalue weighted by atomic mass is 10.4. The molecule has 0 aliphatic carbocycles. The second-order valence-electron chi connectivity index (χ2n) is 1.84. The van der Waals surface area contributed by atoms with Crippen LogP contribution in [0.5, 0.6) is 0 Å². The predicted octanol–water partition coefficient (Wildman–Crippen LogP) is 0.142. The first-order valence-electron chi connectivity index (χ1n) is 2.69. The highest BCUT2D eigenvalue weighted by atomic mass is 35.5. The molecule has 0 saturated heterocycles. The van der Waals surface area contributed by atoms with Crippen molar-refractivity contribution in [3.63, 3.8) is 0 Å². The van der Waals surface area contributed by atoms with Gasteiger partial charge in [-0.15, -0.1) is 0 Å². The summed E-state index contributed by atoms with van der Waals surface area (Å²) >= 11 is 5.62. The fourth-order valence-electron chi connectivity index (χ4n) is 0.570. The second-order valence-corrected chi connectivity index (χ2v) is 2.33. The summed E-state index contributed by atoms with van der Waals surface area (Å²) in [5, 5.41) is 0.543. The minimum absolute atomic E-state index is 0.146. The Bertz CT molecular complexity index is 228. The SMILES string of the molecule is NC1=NC(N)=NC=C(Cl)C1. The summed E-state index contributed by atoms with van der Waals surface area (Å²) in [5.41, 5.74) is 10.6. The number of hydrogen-bond acceptors (Lipinski definition) is 4. The van der Waals surface area contributed by atoms with Gasteiger partial charge in [-0.2, -0.15) is 0 Å². The van der Waals surface area contributed by atoms with E-state index in [1.807, 2.05) is 0 Å². The van der Waals surface area contributed by atoms with Crippen LogP contribution < -0.4 is 11.5 Å². The van der Waals surface area contributed by atoms with Gasteiger partial charge in [0.1, 0.15) is 5.84 Å². The van der Waals surface area contributed by atoms with Gasteiger partial charge in [0.15, 0.2) is 0 Å². The number of hydrogen-bond donors (Lipinski definition) is 2. The number of nitrogens with two attached hydrogens (primary N) is 2. The van der Waals surface area contributed by atoms with Crippen LogP contribution in [0, 0.1) is 0 Å². The second kappa shape index (κ2) is 2.70. The van der Waals surface area contributed by atoms with E-state index in [2.05, 4.69) is 9.98 Å². The third-order valence-electron chi connectivity index (χ3n) is 0.945. The van der Waals surface area contributed by atoms with Crippen LogP contribution in [0.1, 0.15) is 6.42 Å². The zero-order valence-corrected chi connectivity index (χ0v) is 5.97. The van der Waals surface area contributed by atoms with Crippen LogP contribution in [-0.2, 0) is 0 Å². The highest BCUT2D eigenvalue weighted by Gasteiger charge is 2.01. The fraction of sp³-hybridized carbons (Fsp3) is 0.200. The first-order chi connectivity index (χ1) is 4.68. The van der Waals surface area contributed by atoms with E-state index in [-0.39, 0.29) is 5.96 Å². The number of nitrogens with zero attached hydrogens (tertiary/aromatic N) is 2. The van der Waals surface area contributed by atoms with Crippen molar-refractivity contribution in [1.29, 1.82) is 0 Å². The predicted molar refractivity (Wildman–Crippen MR) is 41.8 cm³/mol. The van der Waals surface area contributed by atoms with Crippen molar-refractivity contribution in [2.24, 2.45) is 21.5 Å². The van der Waals surface area contributed by atoms with Gasteiger partial charge in [-0.25, -0.2) is 9.98 Å². The number of guanidine groups is 1. The van der Waals surface area contributed by atoms with Gasteiger partial charge in [0.2, 0.25) is 5.96 Å². The summed E-state index contributed by atoms with van der Waals surface area (Å²) in [6.07, 6.45) is 1.87. The molecule has 0 spiro atoms. The molecule has 4 N–H and O–H groups in total. The maximum atomic E-state index is 5.62. The van der Waals surface area contributed by atoms with E-state index in [4.69, 9.17) is 23.1 Å². The normalized spacial score (nSPS) is 18.7. The van der Waals surface area contributed by atoms with E-state index >= 15 is 0 Å². The van der Waals surface area contributed by atoms with Crippen molar-refractivity contribution < 1.29 is 0 Å². The Hall–Kier alpha value is -1.03. The fourth-order valence-corrected chi connectivity index (χ4v) is 0.756. The molecule has 0 bridgehead atoms. The third kappa shape index (κ3) is 1.73. The minimum Gasteiger partial charge on any atom is -0.387 e. The van der Waals surface area contributed by atoms with E-state index < -0.39 is 0 Å². The zero-order valence-electron chi connectivity index (χ0n) is 5.21. The summed E-state index contributed by atoms with van der Waals surface area (Å²) in [6, 6.07) is 0. The molecule has 1 aliphatic rings. The van der Waals surface area contributed by atoms with Crippen LogP contribution in [0.25, 0.3) is 0 Å². The first kappa shape index (κ1) is 7.08. The molecule has 1 aliphatic heterocycles. The Morgan fingerprint density at radius 1 is 1.50 bits per heavy atom. The van der Waals surface area contributed by atoms with Gasteiger partial charge in [0.25, 0.3) is 0 Å². The molecule has 0 amide bonds. The van der Waals surface area contributed by atoms with Crippen molar-refractivity contribution in [2.75, 3.05) is 0 Å². The van der Waals surface area contributed by atoms with Gasteiger partial charge in [0, 0.05) is 17.7 Å². The van der Waals surface area contributed by atoms with Gasteiger partial charge in [-0.05, 0) is 0 Å². The molecule has 0 aromatic rings. The Morgan fingerprint density at radius 3 is 2.90 bits per heavy atom. The molecule has 1 rings (SSSR count). The van der Waals surface area contributed by atoms with Crippen LogP contribution in [-0.4, -0.2) is 11.8 Å². The first-order valence-corrected chi connectivity index (χ1v) is 3.07. The molecule has 0 saturated carbocycles. The Kier molecular flexibility index (Phi) is 1.91. The highest BCUT2D eigenvalue weighted by Crippen LogP contribution is 2.08. The smallest absolute Gasteiger partial charge is 0.221 e. The summed E-state index contributed by atoms with van der Waals surface area (Å²) in [4.78, 5) is 7.40. The van der Waals surface area contributed by atoms with E-state index in [1.54, 1.807) is 0 Å². The van der Waals surface area contributed by atoms with Crippen molar-refractivity contribution in [1.82, 2.24) is 0 Å². The molecule has 0 radical (unpaired) electrons. The molecule has 54 valence electrons. The number of amidine groups is 1. The topological polar surface area (TPSA) is 76.8 Å². The zero-order chi connectivity index (χ0) is 7.56. The molecule has 0 atom stereocenters. The average molecular weight is 159 g/mol. The minimum atomic E-state index is 0.146. The molecule has 5 heteroatoms. The summed E-state index contributed by atoms with van der Waals surface area (Å²) in [6.45, 7) is 0. The summed E-state index contributed by atoms with van der Waals surface area (Å²) < 4.78 is 0. The van der Waals surface area contributed by atoms with E-state index in [1.165, 1.54) is 6.20 Å². The molecule has 4 nitrogen and oxygen atoms in total. The van der Waals surface area contributed by atoms with E-state index in [9.17, 15) is 0 Å². The molecule has 0 aromatic carbocycles. The van der Waals surface area contributed by atoms with E-state index in [0.29, 0.717) is 17.3 Å². The molecule has 10 heavy (non-hydrogen) atoms. The average Bonchev–Trinajstić information content (AvgIpc) is 1.93. The quantitative estimate of drug-likeness (QED) is 0.526. The summed E-state index contributed by atoms with van der Waals surface area (Å²) in [5.74, 6) is 0.535. The molecule has 1 heterocycles. The van der Waals surface area contributed by atoms with Crippen molar-refractivity contribution in [3.05, 3.63) is 11.2 Å². The maximum Gasteiger partial charge on any atom is 0.221 e. The van der Waals surface area contributed by atoms with Gasteiger partial charge in [0.05, 0.1) is 0 Å². The molecule has 0 aromatic heterocycles.